The number of ketones is 1. The van der Waals surface area contributed by atoms with Crippen LogP contribution in [-0.4, -0.2) is 30.9 Å². The van der Waals surface area contributed by atoms with Crippen LogP contribution in [0.25, 0.3) is 17.3 Å². The number of nitrogens with zero attached hydrogens (tertiary/aromatic N) is 4. The second-order valence-electron chi connectivity index (χ2n) is 6.70. The maximum absolute atomic E-state index is 13.0. The molecule has 1 aromatic carbocycles. The van der Waals surface area contributed by atoms with Crippen molar-refractivity contribution in [3.05, 3.63) is 71.7 Å². The Morgan fingerprint density at radius 2 is 1.90 bits per heavy atom. The molecule has 7 heteroatoms. The highest BCUT2D eigenvalue weighted by Crippen LogP contribution is 2.26. The highest BCUT2D eigenvalue weighted by molar-refractivity contribution is 7.99. The Balaban J connectivity index is 1.54. The minimum absolute atomic E-state index is 0.0792. The van der Waals surface area contributed by atoms with Crippen LogP contribution in [0.3, 0.4) is 0 Å². The molecule has 0 aliphatic rings. The Morgan fingerprint density at radius 3 is 2.59 bits per heavy atom. The molecule has 3 heterocycles. The molecule has 29 heavy (non-hydrogen) atoms. The lowest BCUT2D eigenvalue weighted by molar-refractivity contribution is 0.102. The van der Waals surface area contributed by atoms with Gasteiger partial charge in [-0.3, -0.25) is 9.36 Å². The monoisotopic (exact) mass is 406 g/mol. The van der Waals surface area contributed by atoms with E-state index >= 15 is 0 Å². The summed E-state index contributed by atoms with van der Waals surface area (Å²) in [6, 6.07) is 15.7. The number of rotatable bonds is 7. The Hall–Kier alpha value is -3.06. The molecule has 6 nitrogen and oxygen atoms in total. The first-order valence-corrected chi connectivity index (χ1v) is 10.5. The molecule has 0 aliphatic carbocycles. The third-order valence-corrected chi connectivity index (χ3v) is 5.82. The second-order valence-corrected chi connectivity index (χ2v) is 7.64. The molecule has 0 saturated heterocycles. The van der Waals surface area contributed by atoms with Gasteiger partial charge in [-0.15, -0.1) is 10.2 Å². The number of para-hydroxylation sites is 1. The summed E-state index contributed by atoms with van der Waals surface area (Å²) >= 11 is 1.40. The van der Waals surface area contributed by atoms with Crippen molar-refractivity contribution in [2.45, 2.75) is 32.5 Å². The lowest BCUT2D eigenvalue weighted by Gasteiger charge is -2.09. The summed E-state index contributed by atoms with van der Waals surface area (Å²) in [4.78, 5) is 13.0. The van der Waals surface area contributed by atoms with E-state index in [1.807, 2.05) is 73.9 Å². The van der Waals surface area contributed by atoms with Gasteiger partial charge in [-0.2, -0.15) is 0 Å². The summed E-state index contributed by atoms with van der Waals surface area (Å²) in [5.41, 5.74) is 3.79. The van der Waals surface area contributed by atoms with Crippen LogP contribution in [-0.2, 0) is 6.54 Å². The van der Waals surface area contributed by atoms with Gasteiger partial charge < -0.3 is 8.98 Å². The van der Waals surface area contributed by atoms with Gasteiger partial charge in [0.2, 0.25) is 0 Å². The van der Waals surface area contributed by atoms with Gasteiger partial charge in [-0.1, -0.05) is 30.0 Å². The van der Waals surface area contributed by atoms with Crippen LogP contribution in [0.1, 0.15) is 28.7 Å². The largest absolute Gasteiger partial charge is 0.461 e. The topological polar surface area (TPSA) is 65.8 Å². The number of carbonyl (C=O) groups is 1. The normalized spacial score (nSPS) is 11.1. The summed E-state index contributed by atoms with van der Waals surface area (Å²) in [6.07, 6.45) is 1.61. The average molecular weight is 407 g/mol. The van der Waals surface area contributed by atoms with Gasteiger partial charge in [0.05, 0.1) is 12.0 Å². The van der Waals surface area contributed by atoms with Gasteiger partial charge >= 0.3 is 0 Å². The maximum Gasteiger partial charge on any atom is 0.200 e. The van der Waals surface area contributed by atoms with Crippen LogP contribution < -0.4 is 0 Å². The van der Waals surface area contributed by atoms with Gasteiger partial charge in [0.1, 0.15) is 0 Å². The molecule has 4 rings (SSSR count). The SMILES string of the molecule is CCn1c(SCC(=O)c2cc(C)n(-c3ccccc3)c2C)nnc1-c1ccco1. The molecular formula is C22H22N4O2S. The average Bonchev–Trinajstić information content (AvgIpc) is 3.45. The first-order chi connectivity index (χ1) is 14.1. The van der Waals surface area contributed by atoms with Crippen molar-refractivity contribution in [3.8, 4) is 17.3 Å². The van der Waals surface area contributed by atoms with E-state index in [2.05, 4.69) is 14.8 Å². The molecule has 0 spiro atoms. The van der Waals surface area contributed by atoms with Gasteiger partial charge in [0.15, 0.2) is 22.5 Å². The van der Waals surface area contributed by atoms with E-state index in [4.69, 9.17) is 4.42 Å². The van der Waals surface area contributed by atoms with Gasteiger partial charge in [0, 0.05) is 29.2 Å². The molecule has 0 saturated carbocycles. The van der Waals surface area contributed by atoms with Gasteiger partial charge in [0.25, 0.3) is 0 Å². The number of thioether (sulfide) groups is 1. The van der Waals surface area contributed by atoms with Crippen LogP contribution in [0.4, 0.5) is 0 Å². The van der Waals surface area contributed by atoms with E-state index in [1.165, 1.54) is 11.8 Å². The summed E-state index contributed by atoms with van der Waals surface area (Å²) in [5, 5.41) is 9.21. The number of benzene rings is 1. The standard InChI is InChI=1S/C22H22N4O2S/c1-4-25-21(20-11-8-12-28-20)23-24-22(25)29-14-19(27)18-13-15(2)26(16(18)3)17-9-6-5-7-10-17/h5-13H,4,14H2,1-3H3. The van der Waals surface area contributed by atoms with Crippen LogP contribution in [0.15, 0.2) is 64.4 Å². The van der Waals surface area contributed by atoms with Crippen molar-refractivity contribution < 1.29 is 9.21 Å². The van der Waals surface area contributed by atoms with Crippen molar-refractivity contribution in [2.24, 2.45) is 0 Å². The third kappa shape index (κ3) is 3.65. The van der Waals surface area contributed by atoms with Gasteiger partial charge in [-0.05, 0) is 51.1 Å². The van der Waals surface area contributed by atoms with Crippen molar-refractivity contribution in [1.29, 1.82) is 0 Å². The minimum Gasteiger partial charge on any atom is -0.461 e. The molecule has 0 aliphatic heterocycles. The fourth-order valence-electron chi connectivity index (χ4n) is 3.50. The van der Waals surface area contributed by atoms with E-state index in [-0.39, 0.29) is 5.78 Å². The molecule has 148 valence electrons. The van der Waals surface area contributed by atoms with Crippen molar-refractivity contribution in [2.75, 3.05) is 5.75 Å². The molecule has 0 N–H and O–H groups in total. The molecule has 3 aromatic heterocycles. The highest BCUT2D eigenvalue weighted by Gasteiger charge is 2.20. The molecular weight excluding hydrogens is 384 g/mol. The summed E-state index contributed by atoms with van der Waals surface area (Å²) in [5.74, 6) is 1.73. The molecule has 0 unspecified atom stereocenters. The zero-order valence-corrected chi connectivity index (χ0v) is 17.4. The van der Waals surface area contributed by atoms with Crippen LogP contribution >= 0.6 is 11.8 Å². The predicted molar refractivity (Wildman–Crippen MR) is 114 cm³/mol. The van der Waals surface area contributed by atoms with Crippen molar-refractivity contribution >= 4 is 17.5 Å². The number of Topliss-reactive ketones (excluding diaryl/α,β-unsaturated/α-hetero) is 1. The molecule has 0 fully saturated rings. The molecule has 0 bridgehead atoms. The van der Waals surface area contributed by atoms with E-state index in [9.17, 15) is 4.79 Å². The van der Waals surface area contributed by atoms with Crippen molar-refractivity contribution in [1.82, 2.24) is 19.3 Å². The van der Waals surface area contributed by atoms with E-state index in [0.29, 0.717) is 29.0 Å². The van der Waals surface area contributed by atoms with E-state index < -0.39 is 0 Å². The van der Waals surface area contributed by atoms with Crippen molar-refractivity contribution in [3.63, 3.8) is 0 Å². The Labute approximate surface area is 173 Å². The Morgan fingerprint density at radius 1 is 1.10 bits per heavy atom. The van der Waals surface area contributed by atoms with Crippen LogP contribution in [0.2, 0.25) is 0 Å². The Bertz CT molecular complexity index is 1130. The number of aryl methyl sites for hydroxylation is 1. The second kappa shape index (κ2) is 8.13. The number of hydrogen-bond donors (Lipinski definition) is 0. The smallest absolute Gasteiger partial charge is 0.200 e. The molecule has 0 radical (unpaired) electrons. The fraction of sp³-hybridized carbons (Fsp3) is 0.227. The van der Waals surface area contributed by atoms with Crippen LogP contribution in [0.5, 0.6) is 0 Å². The summed E-state index contributed by atoms with van der Waals surface area (Å²) in [6.45, 7) is 6.73. The lowest BCUT2D eigenvalue weighted by Crippen LogP contribution is -2.07. The first-order valence-electron chi connectivity index (χ1n) is 9.47. The third-order valence-electron chi connectivity index (χ3n) is 4.85. The van der Waals surface area contributed by atoms with Crippen LogP contribution in [0, 0.1) is 13.8 Å². The number of furan rings is 1. The lowest BCUT2D eigenvalue weighted by atomic mass is 10.2. The van der Waals surface area contributed by atoms with Gasteiger partial charge in [-0.25, -0.2) is 0 Å². The minimum atomic E-state index is 0.0792. The number of carbonyl (C=O) groups excluding carboxylic acids is 1. The zero-order chi connectivity index (χ0) is 20.4. The molecule has 4 aromatic rings. The predicted octanol–water partition coefficient (Wildman–Crippen LogP) is 4.94. The molecule has 0 amide bonds. The number of hydrogen-bond acceptors (Lipinski definition) is 5. The maximum atomic E-state index is 13.0. The molecule has 0 atom stereocenters. The van der Waals surface area contributed by atoms with E-state index in [0.717, 1.165) is 22.6 Å². The quantitative estimate of drug-likeness (QED) is 0.321. The first kappa shape index (κ1) is 19.3. The summed E-state index contributed by atoms with van der Waals surface area (Å²) in [7, 11) is 0. The zero-order valence-electron chi connectivity index (χ0n) is 16.6. The number of aromatic nitrogens is 4. The Kier molecular flexibility index (Phi) is 5.40. The van der Waals surface area contributed by atoms with E-state index in [1.54, 1.807) is 6.26 Å². The highest BCUT2D eigenvalue weighted by atomic mass is 32.2. The summed E-state index contributed by atoms with van der Waals surface area (Å²) < 4.78 is 9.52. The fourth-order valence-corrected chi connectivity index (χ4v) is 4.38.